The lowest BCUT2D eigenvalue weighted by Crippen LogP contribution is -2.32. The van der Waals surface area contributed by atoms with E-state index in [0.717, 1.165) is 19.6 Å². The molecule has 0 radical (unpaired) electrons. The Hall–Kier alpha value is -0.770. The number of nitrogens with zero attached hydrogens (tertiary/aromatic N) is 1. The molecule has 0 aromatic rings. The third kappa shape index (κ3) is 3.09. The number of ether oxygens (including phenoxy) is 1. The first-order valence-electron chi connectivity index (χ1n) is 6.00. The molecule has 0 atom stereocenters. The van der Waals surface area contributed by atoms with Gasteiger partial charge in [0.05, 0.1) is 12.7 Å². The van der Waals surface area contributed by atoms with Crippen molar-refractivity contribution in [2.24, 2.45) is 0 Å². The summed E-state index contributed by atoms with van der Waals surface area (Å²) >= 11 is 0. The van der Waals surface area contributed by atoms with E-state index in [0.29, 0.717) is 12.7 Å². The Morgan fingerprint density at radius 3 is 2.80 bits per heavy atom. The van der Waals surface area contributed by atoms with Gasteiger partial charge in [-0.05, 0) is 12.8 Å². The first-order valence-corrected chi connectivity index (χ1v) is 6.00. The fourth-order valence-corrected chi connectivity index (χ4v) is 2.29. The van der Waals surface area contributed by atoms with E-state index in [2.05, 4.69) is 5.32 Å². The SMILES string of the molecule is O=C1NCCN1CCOC1CCCCC1. The Balaban J connectivity index is 1.59. The van der Waals surface area contributed by atoms with Crippen molar-refractivity contribution in [2.75, 3.05) is 26.2 Å². The minimum atomic E-state index is 0.0576. The molecule has 2 aliphatic rings. The van der Waals surface area contributed by atoms with Crippen LogP contribution in [-0.4, -0.2) is 43.3 Å². The molecule has 0 unspecified atom stereocenters. The van der Waals surface area contributed by atoms with E-state index in [9.17, 15) is 4.79 Å². The summed E-state index contributed by atoms with van der Waals surface area (Å²) in [7, 11) is 0. The topological polar surface area (TPSA) is 41.6 Å². The molecule has 2 fully saturated rings. The van der Waals surface area contributed by atoms with E-state index in [1.807, 2.05) is 4.90 Å². The highest BCUT2D eigenvalue weighted by Crippen LogP contribution is 2.20. The molecule has 0 aromatic carbocycles. The van der Waals surface area contributed by atoms with Crippen molar-refractivity contribution in [1.29, 1.82) is 0 Å². The Kier molecular flexibility index (Phi) is 3.83. The molecular weight excluding hydrogens is 192 g/mol. The Labute approximate surface area is 91.0 Å². The summed E-state index contributed by atoms with van der Waals surface area (Å²) in [5, 5.41) is 2.79. The average molecular weight is 212 g/mol. The number of rotatable bonds is 4. The van der Waals surface area contributed by atoms with Crippen LogP contribution in [0.1, 0.15) is 32.1 Å². The minimum Gasteiger partial charge on any atom is -0.376 e. The van der Waals surface area contributed by atoms with Gasteiger partial charge in [0.15, 0.2) is 0 Å². The van der Waals surface area contributed by atoms with Crippen molar-refractivity contribution in [3.63, 3.8) is 0 Å². The van der Waals surface area contributed by atoms with Crippen LogP contribution in [0.3, 0.4) is 0 Å². The lowest BCUT2D eigenvalue weighted by atomic mass is 9.98. The van der Waals surface area contributed by atoms with Gasteiger partial charge in [-0.15, -0.1) is 0 Å². The minimum absolute atomic E-state index is 0.0576. The second-order valence-corrected chi connectivity index (χ2v) is 4.35. The van der Waals surface area contributed by atoms with Gasteiger partial charge >= 0.3 is 6.03 Å². The molecule has 1 aliphatic heterocycles. The highest BCUT2D eigenvalue weighted by Gasteiger charge is 2.19. The molecule has 0 spiro atoms. The van der Waals surface area contributed by atoms with E-state index in [1.165, 1.54) is 32.1 Å². The summed E-state index contributed by atoms with van der Waals surface area (Å²) in [6.07, 6.45) is 6.81. The zero-order valence-corrected chi connectivity index (χ0v) is 9.21. The molecule has 4 nitrogen and oxygen atoms in total. The normalized spacial score (nSPS) is 23.2. The monoisotopic (exact) mass is 212 g/mol. The van der Waals surface area contributed by atoms with Gasteiger partial charge in [-0.3, -0.25) is 0 Å². The maximum absolute atomic E-state index is 11.2. The summed E-state index contributed by atoms with van der Waals surface area (Å²) in [5.41, 5.74) is 0. The Morgan fingerprint density at radius 2 is 2.13 bits per heavy atom. The molecule has 86 valence electrons. The van der Waals surface area contributed by atoms with Crippen molar-refractivity contribution < 1.29 is 9.53 Å². The molecule has 4 heteroatoms. The second-order valence-electron chi connectivity index (χ2n) is 4.35. The van der Waals surface area contributed by atoms with Crippen LogP contribution in [0, 0.1) is 0 Å². The molecule has 2 rings (SSSR count). The van der Waals surface area contributed by atoms with Crippen molar-refractivity contribution >= 4 is 6.03 Å². The van der Waals surface area contributed by atoms with E-state index >= 15 is 0 Å². The van der Waals surface area contributed by atoms with Gasteiger partial charge in [0.25, 0.3) is 0 Å². The lowest BCUT2D eigenvalue weighted by molar-refractivity contribution is 0.0220. The molecule has 0 bridgehead atoms. The molecule has 1 saturated carbocycles. The van der Waals surface area contributed by atoms with Gasteiger partial charge in [0.2, 0.25) is 0 Å². The molecule has 2 amide bonds. The fraction of sp³-hybridized carbons (Fsp3) is 0.909. The summed E-state index contributed by atoms with van der Waals surface area (Å²) in [6, 6.07) is 0.0576. The number of urea groups is 1. The highest BCUT2D eigenvalue weighted by molar-refractivity contribution is 5.76. The number of nitrogens with one attached hydrogen (secondary N) is 1. The Morgan fingerprint density at radius 1 is 1.33 bits per heavy atom. The molecule has 15 heavy (non-hydrogen) atoms. The number of carbonyl (C=O) groups is 1. The summed E-state index contributed by atoms with van der Waals surface area (Å²) in [4.78, 5) is 13.0. The third-order valence-corrected chi connectivity index (χ3v) is 3.21. The van der Waals surface area contributed by atoms with Crippen molar-refractivity contribution in [1.82, 2.24) is 10.2 Å². The largest absolute Gasteiger partial charge is 0.376 e. The Bertz CT molecular complexity index is 215. The molecular formula is C11H20N2O2. The van der Waals surface area contributed by atoms with Gasteiger partial charge in [-0.2, -0.15) is 0 Å². The zero-order chi connectivity index (χ0) is 10.5. The summed E-state index contributed by atoms with van der Waals surface area (Å²) < 4.78 is 5.77. The maximum Gasteiger partial charge on any atom is 0.317 e. The van der Waals surface area contributed by atoms with Gasteiger partial charge in [0.1, 0.15) is 0 Å². The van der Waals surface area contributed by atoms with Crippen molar-refractivity contribution in [3.8, 4) is 0 Å². The van der Waals surface area contributed by atoms with Gasteiger partial charge < -0.3 is 15.0 Å². The molecule has 1 saturated heterocycles. The standard InChI is InChI=1S/C11H20N2O2/c14-11-12-6-7-13(11)8-9-15-10-4-2-1-3-5-10/h10H,1-9H2,(H,12,14). The second kappa shape index (κ2) is 5.35. The highest BCUT2D eigenvalue weighted by atomic mass is 16.5. The van der Waals surface area contributed by atoms with Crippen LogP contribution >= 0.6 is 0 Å². The van der Waals surface area contributed by atoms with E-state index in [1.54, 1.807) is 0 Å². The molecule has 1 heterocycles. The van der Waals surface area contributed by atoms with Crippen LogP contribution < -0.4 is 5.32 Å². The number of hydrogen-bond acceptors (Lipinski definition) is 2. The molecule has 0 aromatic heterocycles. The van der Waals surface area contributed by atoms with E-state index in [-0.39, 0.29) is 6.03 Å². The molecule has 1 N–H and O–H groups in total. The van der Waals surface area contributed by atoms with Gasteiger partial charge in [-0.1, -0.05) is 19.3 Å². The first-order chi connectivity index (χ1) is 7.36. The van der Waals surface area contributed by atoms with Crippen LogP contribution in [0.25, 0.3) is 0 Å². The third-order valence-electron chi connectivity index (χ3n) is 3.21. The number of amides is 2. The quantitative estimate of drug-likeness (QED) is 0.764. The van der Waals surface area contributed by atoms with Crippen LogP contribution in [0.4, 0.5) is 4.79 Å². The summed E-state index contributed by atoms with van der Waals surface area (Å²) in [6.45, 7) is 3.04. The predicted molar refractivity (Wildman–Crippen MR) is 57.8 cm³/mol. The van der Waals surface area contributed by atoms with Crippen molar-refractivity contribution in [3.05, 3.63) is 0 Å². The summed E-state index contributed by atoms with van der Waals surface area (Å²) in [5.74, 6) is 0. The van der Waals surface area contributed by atoms with Crippen LogP contribution in [0.2, 0.25) is 0 Å². The van der Waals surface area contributed by atoms with Crippen molar-refractivity contribution in [2.45, 2.75) is 38.2 Å². The van der Waals surface area contributed by atoms with E-state index < -0.39 is 0 Å². The zero-order valence-electron chi connectivity index (χ0n) is 9.21. The maximum atomic E-state index is 11.2. The average Bonchev–Trinajstić information content (AvgIpc) is 2.66. The first kappa shape index (κ1) is 10.7. The number of carbonyl (C=O) groups excluding carboxylic acids is 1. The van der Waals surface area contributed by atoms with Crippen LogP contribution in [0.15, 0.2) is 0 Å². The molecule has 1 aliphatic carbocycles. The fourth-order valence-electron chi connectivity index (χ4n) is 2.29. The van der Waals surface area contributed by atoms with Crippen LogP contribution in [0.5, 0.6) is 0 Å². The van der Waals surface area contributed by atoms with Crippen LogP contribution in [-0.2, 0) is 4.74 Å². The number of hydrogen-bond donors (Lipinski definition) is 1. The van der Waals surface area contributed by atoms with Gasteiger partial charge in [-0.25, -0.2) is 4.79 Å². The lowest BCUT2D eigenvalue weighted by Gasteiger charge is -2.23. The van der Waals surface area contributed by atoms with Gasteiger partial charge in [0, 0.05) is 19.6 Å². The predicted octanol–water partition coefficient (Wildman–Crippen LogP) is 1.36. The van der Waals surface area contributed by atoms with E-state index in [4.69, 9.17) is 4.74 Å². The smallest absolute Gasteiger partial charge is 0.317 e.